The number of carbonyl (C=O) groups excluding carboxylic acids is 2. The van der Waals surface area contributed by atoms with Gasteiger partial charge in [-0.05, 0) is 0 Å². The first-order chi connectivity index (χ1) is 9.88. The summed E-state index contributed by atoms with van der Waals surface area (Å²) in [5.41, 5.74) is 0. The molecule has 0 aromatic rings. The molecular weight excluding hydrogens is 286 g/mol. The number of ether oxygens (including phenoxy) is 1. The molecule has 10 heteroatoms. The number of nitrogens with one attached hydrogen (secondary N) is 1. The minimum atomic E-state index is -1.15. The molecule has 0 aliphatic rings. The van der Waals surface area contributed by atoms with Crippen LogP contribution in [-0.4, -0.2) is 90.8 Å². The van der Waals surface area contributed by atoms with Gasteiger partial charge in [0, 0.05) is 20.1 Å². The Balaban J connectivity index is 4.48. The van der Waals surface area contributed by atoms with Crippen LogP contribution in [0.4, 0.5) is 0 Å². The molecule has 0 bridgehead atoms. The SMILES string of the molecule is CNC(=O)CN(CCN(CC(=O)O)CC(=O)O)COC=O. The van der Waals surface area contributed by atoms with E-state index in [1.54, 1.807) is 0 Å². The number of hydrogen-bond donors (Lipinski definition) is 3. The predicted molar refractivity (Wildman–Crippen MR) is 69.4 cm³/mol. The molecule has 21 heavy (non-hydrogen) atoms. The standard InChI is InChI=1S/C11H19N3O7/c1-12-9(16)4-14(7-21-8-15)3-2-13(5-10(17)18)6-11(19)20/h8H,2-7H2,1H3,(H,12,16)(H,17,18)(H,19,20). The Bertz CT molecular complexity index is 359. The molecule has 0 atom stereocenters. The second-order valence-electron chi connectivity index (χ2n) is 4.12. The maximum absolute atomic E-state index is 11.3. The van der Waals surface area contributed by atoms with Gasteiger partial charge in [-0.1, -0.05) is 0 Å². The Hall–Kier alpha value is -2.20. The van der Waals surface area contributed by atoms with Gasteiger partial charge in [0.15, 0.2) is 0 Å². The molecule has 0 aliphatic carbocycles. The number of amides is 1. The lowest BCUT2D eigenvalue weighted by Gasteiger charge is -2.24. The average molecular weight is 305 g/mol. The number of carbonyl (C=O) groups is 4. The van der Waals surface area contributed by atoms with Crippen molar-refractivity contribution >= 4 is 24.3 Å². The number of aliphatic carboxylic acids is 2. The molecule has 0 heterocycles. The third-order valence-electron chi connectivity index (χ3n) is 2.42. The van der Waals surface area contributed by atoms with Crippen molar-refractivity contribution < 1.29 is 34.1 Å². The third kappa shape index (κ3) is 10.3. The lowest BCUT2D eigenvalue weighted by Crippen LogP contribution is -2.43. The molecule has 10 nitrogen and oxygen atoms in total. The highest BCUT2D eigenvalue weighted by atomic mass is 16.5. The van der Waals surface area contributed by atoms with Crippen molar-refractivity contribution in [3.8, 4) is 0 Å². The third-order valence-corrected chi connectivity index (χ3v) is 2.42. The molecule has 0 radical (unpaired) electrons. The highest BCUT2D eigenvalue weighted by Crippen LogP contribution is 1.94. The summed E-state index contributed by atoms with van der Waals surface area (Å²) >= 11 is 0. The molecule has 1 amide bonds. The van der Waals surface area contributed by atoms with Crippen LogP contribution in [0.1, 0.15) is 0 Å². The van der Waals surface area contributed by atoms with Crippen LogP contribution in [0.3, 0.4) is 0 Å². The Morgan fingerprint density at radius 2 is 1.57 bits per heavy atom. The van der Waals surface area contributed by atoms with E-state index in [0.29, 0.717) is 0 Å². The highest BCUT2D eigenvalue weighted by molar-refractivity contribution is 5.77. The molecule has 0 spiro atoms. The van der Waals surface area contributed by atoms with Crippen LogP contribution in [0.15, 0.2) is 0 Å². The smallest absolute Gasteiger partial charge is 0.317 e. The van der Waals surface area contributed by atoms with Gasteiger partial charge in [0.25, 0.3) is 6.47 Å². The van der Waals surface area contributed by atoms with E-state index in [4.69, 9.17) is 10.2 Å². The minimum Gasteiger partial charge on any atom is -0.480 e. The number of likely N-dealkylation sites (N-methyl/N-ethyl adjacent to an activating group) is 1. The molecule has 0 unspecified atom stereocenters. The Morgan fingerprint density at radius 3 is 2.00 bits per heavy atom. The Kier molecular flexibility index (Phi) is 9.46. The zero-order chi connectivity index (χ0) is 16.3. The van der Waals surface area contributed by atoms with E-state index in [1.807, 2.05) is 0 Å². The fourth-order valence-corrected chi connectivity index (χ4v) is 1.49. The maximum Gasteiger partial charge on any atom is 0.317 e. The lowest BCUT2D eigenvalue weighted by atomic mass is 10.4. The van der Waals surface area contributed by atoms with E-state index in [0.717, 1.165) is 0 Å². The molecule has 120 valence electrons. The van der Waals surface area contributed by atoms with E-state index in [9.17, 15) is 19.2 Å². The Labute approximate surface area is 121 Å². The first-order valence-electron chi connectivity index (χ1n) is 6.03. The first-order valence-corrected chi connectivity index (χ1v) is 6.03. The fraction of sp³-hybridized carbons (Fsp3) is 0.636. The quantitative estimate of drug-likeness (QED) is 0.267. The van der Waals surface area contributed by atoms with Gasteiger partial charge in [-0.2, -0.15) is 0 Å². The molecule has 3 N–H and O–H groups in total. The van der Waals surface area contributed by atoms with Gasteiger partial charge < -0.3 is 20.3 Å². The summed E-state index contributed by atoms with van der Waals surface area (Å²) < 4.78 is 4.55. The van der Waals surface area contributed by atoms with Gasteiger partial charge in [0.1, 0.15) is 6.73 Å². The zero-order valence-corrected chi connectivity index (χ0v) is 11.7. The van der Waals surface area contributed by atoms with E-state index in [1.165, 1.54) is 16.8 Å². The Morgan fingerprint density at radius 1 is 1.05 bits per heavy atom. The second-order valence-corrected chi connectivity index (χ2v) is 4.12. The van der Waals surface area contributed by atoms with Gasteiger partial charge in [0.2, 0.25) is 5.91 Å². The summed E-state index contributed by atoms with van der Waals surface area (Å²) in [6, 6.07) is 0. The van der Waals surface area contributed by atoms with Crippen LogP contribution < -0.4 is 5.32 Å². The molecule has 0 rings (SSSR count). The van der Waals surface area contributed by atoms with Crippen molar-refractivity contribution in [3.05, 3.63) is 0 Å². The zero-order valence-electron chi connectivity index (χ0n) is 11.7. The monoisotopic (exact) mass is 305 g/mol. The number of nitrogens with zero attached hydrogens (tertiary/aromatic N) is 2. The number of carboxylic acids is 2. The average Bonchev–Trinajstić information content (AvgIpc) is 2.39. The summed E-state index contributed by atoms with van der Waals surface area (Å²) in [5.74, 6) is -2.62. The first kappa shape index (κ1) is 18.8. The normalized spacial score (nSPS) is 10.4. The van der Waals surface area contributed by atoms with Crippen LogP contribution in [0.25, 0.3) is 0 Å². The summed E-state index contributed by atoms with van der Waals surface area (Å²) in [5, 5.41) is 19.8. The van der Waals surface area contributed by atoms with Crippen LogP contribution in [-0.2, 0) is 23.9 Å². The van der Waals surface area contributed by atoms with Crippen LogP contribution >= 0.6 is 0 Å². The topological polar surface area (TPSA) is 136 Å². The van der Waals surface area contributed by atoms with Crippen molar-refractivity contribution in [1.82, 2.24) is 15.1 Å². The van der Waals surface area contributed by atoms with Crippen molar-refractivity contribution in [2.45, 2.75) is 0 Å². The van der Waals surface area contributed by atoms with E-state index >= 15 is 0 Å². The lowest BCUT2D eigenvalue weighted by molar-refractivity contribution is -0.142. The highest BCUT2D eigenvalue weighted by Gasteiger charge is 2.16. The summed E-state index contributed by atoms with van der Waals surface area (Å²) in [6.07, 6.45) is 0. The number of rotatable bonds is 12. The fourth-order valence-electron chi connectivity index (χ4n) is 1.49. The molecule has 0 fully saturated rings. The van der Waals surface area contributed by atoms with Crippen molar-refractivity contribution in [1.29, 1.82) is 0 Å². The summed E-state index contributed by atoms with van der Waals surface area (Å²) in [4.78, 5) is 45.4. The summed E-state index contributed by atoms with van der Waals surface area (Å²) in [7, 11) is 1.45. The van der Waals surface area contributed by atoms with E-state index in [-0.39, 0.29) is 38.7 Å². The molecular formula is C11H19N3O7. The van der Waals surface area contributed by atoms with Gasteiger partial charge in [-0.25, -0.2) is 0 Å². The molecule has 0 aliphatic heterocycles. The van der Waals surface area contributed by atoms with Crippen molar-refractivity contribution in [2.75, 3.05) is 46.5 Å². The van der Waals surface area contributed by atoms with E-state index < -0.39 is 25.0 Å². The number of carboxylic acid groups (broad SMARTS) is 2. The van der Waals surface area contributed by atoms with Gasteiger partial charge >= 0.3 is 11.9 Å². The molecule has 0 aromatic heterocycles. The van der Waals surface area contributed by atoms with E-state index in [2.05, 4.69) is 10.1 Å². The van der Waals surface area contributed by atoms with Gasteiger partial charge in [-0.3, -0.25) is 29.0 Å². The van der Waals surface area contributed by atoms with Crippen LogP contribution in [0.5, 0.6) is 0 Å². The van der Waals surface area contributed by atoms with Crippen molar-refractivity contribution in [2.24, 2.45) is 0 Å². The molecule has 0 aromatic carbocycles. The summed E-state index contributed by atoms with van der Waals surface area (Å²) in [6.45, 7) is -0.588. The predicted octanol–water partition coefficient (Wildman–Crippen LogP) is -2.36. The maximum atomic E-state index is 11.3. The van der Waals surface area contributed by atoms with Gasteiger partial charge in [0.05, 0.1) is 19.6 Å². The second kappa shape index (κ2) is 10.6. The van der Waals surface area contributed by atoms with Gasteiger partial charge in [-0.15, -0.1) is 0 Å². The largest absolute Gasteiger partial charge is 0.480 e. The number of hydrogen-bond acceptors (Lipinski definition) is 7. The van der Waals surface area contributed by atoms with Crippen LogP contribution in [0.2, 0.25) is 0 Å². The minimum absolute atomic E-state index is 0.0572. The van der Waals surface area contributed by atoms with Crippen LogP contribution in [0, 0.1) is 0 Å². The molecule has 0 saturated heterocycles. The van der Waals surface area contributed by atoms with Crippen molar-refractivity contribution in [3.63, 3.8) is 0 Å². The molecule has 0 saturated carbocycles.